The van der Waals surface area contributed by atoms with Gasteiger partial charge < -0.3 is 16.6 Å². The number of aromatic nitrogens is 2. The van der Waals surface area contributed by atoms with E-state index in [0.717, 1.165) is 0 Å². The molecule has 1 aromatic carbocycles. The van der Waals surface area contributed by atoms with Crippen LogP contribution < -0.4 is 16.9 Å². The van der Waals surface area contributed by atoms with Crippen molar-refractivity contribution in [3.05, 3.63) is 39.9 Å². The van der Waals surface area contributed by atoms with Crippen molar-refractivity contribution in [3.8, 4) is 5.75 Å². The van der Waals surface area contributed by atoms with Gasteiger partial charge >= 0.3 is 0 Å². The van der Waals surface area contributed by atoms with E-state index >= 15 is 0 Å². The maximum absolute atomic E-state index is 10.7. The van der Waals surface area contributed by atoms with Gasteiger partial charge in [0.1, 0.15) is 17.4 Å². The molecule has 2 aromatic rings. The second kappa shape index (κ2) is 5.69. The first-order chi connectivity index (χ1) is 9.95. The Morgan fingerprint density at radius 1 is 1.29 bits per heavy atom. The number of phenols is 1. The molecule has 0 bridgehead atoms. The topological polar surface area (TPSA) is 166 Å². The van der Waals surface area contributed by atoms with E-state index in [0.29, 0.717) is 0 Å². The van der Waals surface area contributed by atoms with Gasteiger partial charge in [0.2, 0.25) is 5.95 Å². The number of nitrogens with zero attached hydrogens (tertiary/aromatic N) is 4. The second-order valence-corrected chi connectivity index (χ2v) is 3.91. The number of nitro benzene ring substituents is 1. The molecule has 0 unspecified atom stereocenters. The summed E-state index contributed by atoms with van der Waals surface area (Å²) in [6.07, 6.45) is 1.19. The Kier molecular flexibility index (Phi) is 3.79. The lowest BCUT2D eigenvalue weighted by Crippen LogP contribution is -2.03. The number of nitrogen functional groups attached to an aromatic ring is 2. The summed E-state index contributed by atoms with van der Waals surface area (Å²) in [6.45, 7) is 0. The predicted octanol–water partition coefficient (Wildman–Crippen LogP) is 0.701. The number of phenolic OH excluding ortho intramolecular Hbond substituents is 1. The minimum absolute atomic E-state index is 0.0636. The average Bonchev–Trinajstić information content (AvgIpc) is 2.39. The lowest BCUT2D eigenvalue weighted by molar-refractivity contribution is -0.384. The summed E-state index contributed by atoms with van der Waals surface area (Å²) >= 11 is 0. The number of nitro groups is 1. The molecule has 0 spiro atoms. The molecular weight excluding hydrogens is 278 g/mol. The quantitative estimate of drug-likeness (QED) is 0.362. The molecule has 108 valence electrons. The van der Waals surface area contributed by atoms with Crippen LogP contribution in [0, 0.1) is 10.1 Å². The van der Waals surface area contributed by atoms with E-state index in [1.54, 1.807) is 0 Å². The van der Waals surface area contributed by atoms with Crippen LogP contribution in [0.3, 0.4) is 0 Å². The normalized spacial score (nSPS) is 10.7. The van der Waals surface area contributed by atoms with Gasteiger partial charge in [0, 0.05) is 23.8 Å². The number of hydrogen-bond donors (Lipinski definition) is 4. The standard InChI is InChI=1S/C11H11N7O3/c12-9-4-10(13)16-11(15-9)17-14-5-6-3-7(18(20)21)1-2-8(6)19/h1-5,19H,(H5,12,13,15,16,17)/b14-5+. The van der Waals surface area contributed by atoms with Crippen LogP contribution in [0.1, 0.15) is 5.56 Å². The number of non-ortho nitro benzene ring substituents is 1. The van der Waals surface area contributed by atoms with Crippen LogP contribution >= 0.6 is 0 Å². The fourth-order valence-corrected chi connectivity index (χ4v) is 1.45. The molecule has 1 aromatic heterocycles. The Morgan fingerprint density at radius 2 is 1.95 bits per heavy atom. The molecule has 21 heavy (non-hydrogen) atoms. The molecule has 10 heteroatoms. The number of hydrogen-bond acceptors (Lipinski definition) is 9. The van der Waals surface area contributed by atoms with Crippen LogP contribution in [-0.4, -0.2) is 26.2 Å². The first-order valence-corrected chi connectivity index (χ1v) is 5.62. The maximum Gasteiger partial charge on any atom is 0.270 e. The van der Waals surface area contributed by atoms with E-state index in [9.17, 15) is 15.2 Å². The van der Waals surface area contributed by atoms with Crippen molar-refractivity contribution in [2.75, 3.05) is 16.9 Å². The number of hydrazone groups is 1. The number of anilines is 3. The van der Waals surface area contributed by atoms with Gasteiger partial charge in [-0.15, -0.1) is 0 Å². The minimum Gasteiger partial charge on any atom is -0.507 e. The molecular formula is C11H11N7O3. The molecule has 0 aliphatic rings. The van der Waals surface area contributed by atoms with Crippen molar-refractivity contribution >= 4 is 29.5 Å². The minimum atomic E-state index is -0.577. The highest BCUT2D eigenvalue weighted by atomic mass is 16.6. The number of benzene rings is 1. The fraction of sp³-hybridized carbons (Fsp3) is 0. The van der Waals surface area contributed by atoms with Crippen LogP contribution in [0.2, 0.25) is 0 Å². The highest BCUT2D eigenvalue weighted by Crippen LogP contribution is 2.21. The first kappa shape index (κ1) is 14.0. The Balaban J connectivity index is 2.17. The lowest BCUT2D eigenvalue weighted by Gasteiger charge is -2.02. The SMILES string of the molecule is Nc1cc(N)nc(N/N=C/c2cc([N+](=O)[O-])ccc2O)n1. The van der Waals surface area contributed by atoms with Gasteiger partial charge in [0.25, 0.3) is 5.69 Å². The van der Waals surface area contributed by atoms with Gasteiger partial charge in [0.05, 0.1) is 11.1 Å². The van der Waals surface area contributed by atoms with Crippen LogP contribution in [-0.2, 0) is 0 Å². The van der Waals surface area contributed by atoms with Gasteiger partial charge in [0.15, 0.2) is 0 Å². The van der Waals surface area contributed by atoms with Crippen molar-refractivity contribution in [3.63, 3.8) is 0 Å². The molecule has 1 heterocycles. The van der Waals surface area contributed by atoms with Gasteiger partial charge in [-0.05, 0) is 6.07 Å². The molecule has 10 nitrogen and oxygen atoms in total. The fourth-order valence-electron chi connectivity index (χ4n) is 1.45. The smallest absolute Gasteiger partial charge is 0.270 e. The van der Waals surface area contributed by atoms with Gasteiger partial charge in [-0.2, -0.15) is 15.1 Å². The zero-order valence-electron chi connectivity index (χ0n) is 10.6. The molecule has 0 radical (unpaired) electrons. The Bertz CT molecular complexity index is 697. The van der Waals surface area contributed by atoms with Crippen molar-refractivity contribution in [1.82, 2.24) is 9.97 Å². The predicted molar refractivity (Wildman–Crippen MR) is 76.8 cm³/mol. The third-order valence-corrected chi connectivity index (χ3v) is 2.36. The molecule has 0 saturated heterocycles. The zero-order valence-corrected chi connectivity index (χ0v) is 10.6. The summed E-state index contributed by atoms with van der Waals surface area (Å²) in [5.41, 5.74) is 13.4. The Hall–Kier alpha value is -3.43. The molecule has 0 aliphatic heterocycles. The second-order valence-electron chi connectivity index (χ2n) is 3.91. The highest BCUT2D eigenvalue weighted by Gasteiger charge is 2.08. The monoisotopic (exact) mass is 289 g/mol. The van der Waals surface area contributed by atoms with Crippen molar-refractivity contribution in [2.24, 2.45) is 5.10 Å². The molecule has 0 aliphatic carbocycles. The van der Waals surface area contributed by atoms with Crippen LogP contribution in [0.25, 0.3) is 0 Å². The summed E-state index contributed by atoms with van der Waals surface area (Å²) in [6, 6.07) is 4.94. The number of aromatic hydroxyl groups is 1. The van der Waals surface area contributed by atoms with Gasteiger partial charge in [-0.25, -0.2) is 5.43 Å². The maximum atomic E-state index is 10.7. The number of nitrogens with two attached hydrogens (primary N) is 2. The summed E-state index contributed by atoms with van der Waals surface area (Å²) in [4.78, 5) is 17.7. The van der Waals surface area contributed by atoms with Crippen LogP contribution in [0.5, 0.6) is 5.75 Å². The van der Waals surface area contributed by atoms with Crippen molar-refractivity contribution in [2.45, 2.75) is 0 Å². The zero-order chi connectivity index (χ0) is 15.4. The largest absolute Gasteiger partial charge is 0.507 e. The molecule has 2 rings (SSSR count). The van der Waals surface area contributed by atoms with Crippen molar-refractivity contribution in [1.29, 1.82) is 0 Å². The first-order valence-electron chi connectivity index (χ1n) is 5.62. The Labute approximate surface area is 118 Å². The highest BCUT2D eigenvalue weighted by molar-refractivity contribution is 5.84. The Morgan fingerprint density at radius 3 is 2.57 bits per heavy atom. The third kappa shape index (κ3) is 3.53. The van der Waals surface area contributed by atoms with E-state index in [1.807, 2.05) is 0 Å². The summed E-state index contributed by atoms with van der Waals surface area (Å²) in [5.74, 6) is 0.240. The molecule has 0 saturated carbocycles. The van der Waals surface area contributed by atoms with Crippen LogP contribution in [0.4, 0.5) is 23.3 Å². The summed E-state index contributed by atoms with van der Waals surface area (Å²) in [5, 5.41) is 24.0. The summed E-state index contributed by atoms with van der Waals surface area (Å²) in [7, 11) is 0. The van der Waals surface area contributed by atoms with E-state index in [-0.39, 0.29) is 34.6 Å². The molecule has 0 atom stereocenters. The van der Waals surface area contributed by atoms with E-state index < -0.39 is 4.92 Å². The van der Waals surface area contributed by atoms with Gasteiger partial charge in [-0.3, -0.25) is 10.1 Å². The number of rotatable bonds is 4. The van der Waals surface area contributed by atoms with Crippen LogP contribution in [0.15, 0.2) is 29.4 Å². The van der Waals surface area contributed by atoms with E-state index in [1.165, 1.54) is 30.5 Å². The number of nitrogens with one attached hydrogen (secondary N) is 1. The van der Waals surface area contributed by atoms with E-state index in [4.69, 9.17) is 11.5 Å². The third-order valence-electron chi connectivity index (χ3n) is 2.36. The van der Waals surface area contributed by atoms with Gasteiger partial charge in [-0.1, -0.05) is 0 Å². The average molecular weight is 289 g/mol. The van der Waals surface area contributed by atoms with E-state index in [2.05, 4.69) is 20.5 Å². The molecule has 0 fully saturated rings. The summed E-state index contributed by atoms with van der Waals surface area (Å²) < 4.78 is 0. The molecule has 0 amide bonds. The van der Waals surface area contributed by atoms with Crippen molar-refractivity contribution < 1.29 is 10.0 Å². The lowest BCUT2D eigenvalue weighted by atomic mass is 10.2. The molecule has 6 N–H and O–H groups in total.